The van der Waals surface area contributed by atoms with E-state index in [2.05, 4.69) is 11.8 Å². The quantitative estimate of drug-likeness (QED) is 0.503. The zero-order chi connectivity index (χ0) is 13.9. The van der Waals surface area contributed by atoms with Gasteiger partial charge in [-0.2, -0.15) is 0 Å². The normalized spacial score (nSPS) is 10.9. The molecular formula is C15H26N2O2. The summed E-state index contributed by atoms with van der Waals surface area (Å²) >= 11 is 0. The van der Waals surface area contributed by atoms with Crippen molar-refractivity contribution in [1.82, 2.24) is 4.90 Å². The number of nitrogens with two attached hydrogens (primary N) is 1. The Hall–Kier alpha value is -1.26. The number of hydrogen-bond acceptors (Lipinski definition) is 4. The van der Waals surface area contributed by atoms with Gasteiger partial charge in [-0.05, 0) is 43.7 Å². The molecule has 0 fully saturated rings. The predicted octanol–water partition coefficient (Wildman–Crippen LogP) is 2.13. The number of nitrogen functional groups attached to an aromatic ring is 1. The van der Waals surface area contributed by atoms with E-state index < -0.39 is 0 Å². The highest BCUT2D eigenvalue weighted by atomic mass is 16.5. The summed E-state index contributed by atoms with van der Waals surface area (Å²) in [5.41, 5.74) is 6.37. The Kier molecular flexibility index (Phi) is 8.02. The van der Waals surface area contributed by atoms with Crippen LogP contribution in [0.3, 0.4) is 0 Å². The van der Waals surface area contributed by atoms with E-state index in [-0.39, 0.29) is 6.61 Å². The molecule has 4 heteroatoms. The van der Waals surface area contributed by atoms with Gasteiger partial charge < -0.3 is 20.5 Å². The summed E-state index contributed by atoms with van der Waals surface area (Å²) in [4.78, 5) is 2.29. The van der Waals surface area contributed by atoms with Crippen LogP contribution in [0, 0.1) is 0 Å². The third kappa shape index (κ3) is 7.03. The Labute approximate surface area is 116 Å². The van der Waals surface area contributed by atoms with Crippen LogP contribution in [0.15, 0.2) is 24.3 Å². The van der Waals surface area contributed by atoms with E-state index in [1.54, 1.807) is 0 Å². The molecule has 0 spiro atoms. The number of aliphatic hydroxyl groups excluding tert-OH is 1. The van der Waals surface area contributed by atoms with E-state index in [0.29, 0.717) is 6.61 Å². The van der Waals surface area contributed by atoms with Crippen LogP contribution in [0.4, 0.5) is 5.69 Å². The van der Waals surface area contributed by atoms with E-state index in [0.717, 1.165) is 37.5 Å². The van der Waals surface area contributed by atoms with Gasteiger partial charge >= 0.3 is 0 Å². The summed E-state index contributed by atoms with van der Waals surface area (Å²) in [7, 11) is 0. The van der Waals surface area contributed by atoms with Crippen molar-refractivity contribution in [2.45, 2.75) is 26.2 Å². The number of benzene rings is 1. The smallest absolute Gasteiger partial charge is 0.119 e. The van der Waals surface area contributed by atoms with Crippen LogP contribution in [0.5, 0.6) is 5.75 Å². The van der Waals surface area contributed by atoms with Gasteiger partial charge in [0.05, 0.1) is 13.2 Å². The average Bonchev–Trinajstić information content (AvgIpc) is 2.42. The summed E-state index contributed by atoms with van der Waals surface area (Å²) in [5, 5.41) is 9.01. The molecule has 1 aromatic carbocycles. The van der Waals surface area contributed by atoms with Gasteiger partial charge in [0.1, 0.15) is 5.75 Å². The Morgan fingerprint density at radius 2 is 1.79 bits per heavy atom. The van der Waals surface area contributed by atoms with Crippen LogP contribution in [-0.2, 0) is 0 Å². The summed E-state index contributed by atoms with van der Waals surface area (Å²) in [6.07, 6.45) is 3.33. The highest BCUT2D eigenvalue weighted by molar-refractivity contribution is 5.41. The number of anilines is 1. The number of unbranched alkanes of at least 4 members (excludes halogenated alkanes) is 1. The Morgan fingerprint density at radius 3 is 2.42 bits per heavy atom. The first-order chi connectivity index (χ1) is 9.26. The summed E-state index contributed by atoms with van der Waals surface area (Å²) in [5.74, 6) is 0.858. The molecule has 0 atom stereocenters. The van der Waals surface area contributed by atoms with Gasteiger partial charge in [-0.15, -0.1) is 0 Å². The molecule has 0 aromatic heterocycles. The molecule has 0 unspecified atom stereocenters. The molecule has 1 rings (SSSR count). The Bertz CT molecular complexity index is 327. The molecule has 108 valence electrons. The van der Waals surface area contributed by atoms with E-state index >= 15 is 0 Å². The first-order valence-electron chi connectivity index (χ1n) is 7.07. The van der Waals surface area contributed by atoms with E-state index in [9.17, 15) is 0 Å². The summed E-state index contributed by atoms with van der Waals surface area (Å²) in [6, 6.07) is 7.46. The lowest BCUT2D eigenvalue weighted by Gasteiger charge is -2.20. The Balaban J connectivity index is 2.18. The van der Waals surface area contributed by atoms with Crippen molar-refractivity contribution in [2.75, 3.05) is 38.6 Å². The van der Waals surface area contributed by atoms with Crippen molar-refractivity contribution in [3.05, 3.63) is 24.3 Å². The maximum Gasteiger partial charge on any atom is 0.119 e. The first kappa shape index (κ1) is 15.8. The second-order valence-electron chi connectivity index (χ2n) is 4.69. The van der Waals surface area contributed by atoms with Gasteiger partial charge in [-0.3, -0.25) is 0 Å². The fraction of sp³-hybridized carbons (Fsp3) is 0.600. The molecule has 19 heavy (non-hydrogen) atoms. The van der Waals surface area contributed by atoms with Gasteiger partial charge in [0.15, 0.2) is 0 Å². The average molecular weight is 266 g/mol. The highest BCUT2D eigenvalue weighted by Gasteiger charge is 2.03. The van der Waals surface area contributed by atoms with E-state index in [1.165, 1.54) is 12.8 Å². The number of aliphatic hydroxyl groups is 1. The maximum atomic E-state index is 9.01. The standard InChI is InChI=1S/C15H26N2O2/c1-2-3-9-17(11-12-18)10-4-13-19-15-7-5-14(16)6-8-15/h5-8,18H,2-4,9-13,16H2,1H3. The molecule has 0 aliphatic rings. The topological polar surface area (TPSA) is 58.7 Å². The minimum absolute atomic E-state index is 0.225. The van der Waals surface area contributed by atoms with Crippen LogP contribution >= 0.6 is 0 Å². The molecule has 0 aliphatic carbocycles. The molecule has 0 saturated carbocycles. The fourth-order valence-electron chi connectivity index (χ4n) is 1.90. The van der Waals surface area contributed by atoms with Gasteiger partial charge in [0.25, 0.3) is 0 Å². The van der Waals surface area contributed by atoms with Crippen LogP contribution < -0.4 is 10.5 Å². The monoisotopic (exact) mass is 266 g/mol. The lowest BCUT2D eigenvalue weighted by molar-refractivity contribution is 0.181. The number of ether oxygens (including phenoxy) is 1. The first-order valence-corrected chi connectivity index (χ1v) is 7.07. The third-order valence-corrected chi connectivity index (χ3v) is 3.01. The SMILES string of the molecule is CCCCN(CCO)CCCOc1ccc(N)cc1. The van der Waals surface area contributed by atoms with Gasteiger partial charge in [-0.25, -0.2) is 0 Å². The summed E-state index contributed by atoms with van der Waals surface area (Å²) in [6.45, 7) is 5.87. The van der Waals surface area contributed by atoms with Crippen molar-refractivity contribution in [3.63, 3.8) is 0 Å². The lowest BCUT2D eigenvalue weighted by Crippen LogP contribution is -2.29. The molecule has 0 radical (unpaired) electrons. The van der Waals surface area contributed by atoms with Crippen LogP contribution in [0.2, 0.25) is 0 Å². The third-order valence-electron chi connectivity index (χ3n) is 3.01. The van der Waals surface area contributed by atoms with Crippen molar-refractivity contribution >= 4 is 5.69 Å². The van der Waals surface area contributed by atoms with Gasteiger partial charge in [0.2, 0.25) is 0 Å². The molecule has 0 heterocycles. The molecule has 3 N–H and O–H groups in total. The second-order valence-corrected chi connectivity index (χ2v) is 4.69. The zero-order valence-electron chi connectivity index (χ0n) is 11.8. The van der Waals surface area contributed by atoms with Crippen molar-refractivity contribution < 1.29 is 9.84 Å². The number of nitrogens with zero attached hydrogens (tertiary/aromatic N) is 1. The molecule has 0 aliphatic heterocycles. The number of rotatable bonds is 10. The van der Waals surface area contributed by atoms with Crippen molar-refractivity contribution in [1.29, 1.82) is 0 Å². The Morgan fingerprint density at radius 1 is 1.11 bits per heavy atom. The molecule has 1 aromatic rings. The second kappa shape index (κ2) is 9.64. The lowest BCUT2D eigenvalue weighted by atomic mass is 10.3. The van der Waals surface area contributed by atoms with E-state index in [4.69, 9.17) is 15.6 Å². The molecule has 0 amide bonds. The van der Waals surface area contributed by atoms with Crippen molar-refractivity contribution in [3.8, 4) is 5.75 Å². The van der Waals surface area contributed by atoms with Gasteiger partial charge in [-0.1, -0.05) is 13.3 Å². The largest absolute Gasteiger partial charge is 0.494 e. The van der Waals surface area contributed by atoms with Crippen LogP contribution in [0.1, 0.15) is 26.2 Å². The zero-order valence-corrected chi connectivity index (χ0v) is 11.8. The molecule has 4 nitrogen and oxygen atoms in total. The van der Waals surface area contributed by atoms with Crippen LogP contribution in [0.25, 0.3) is 0 Å². The van der Waals surface area contributed by atoms with Crippen LogP contribution in [-0.4, -0.2) is 42.9 Å². The van der Waals surface area contributed by atoms with Crippen molar-refractivity contribution in [2.24, 2.45) is 0 Å². The fourth-order valence-corrected chi connectivity index (χ4v) is 1.90. The molecular weight excluding hydrogens is 240 g/mol. The predicted molar refractivity (Wildman–Crippen MR) is 79.4 cm³/mol. The number of hydrogen-bond donors (Lipinski definition) is 2. The van der Waals surface area contributed by atoms with Gasteiger partial charge in [0, 0.05) is 18.8 Å². The minimum Gasteiger partial charge on any atom is -0.494 e. The summed E-state index contributed by atoms with van der Waals surface area (Å²) < 4.78 is 5.65. The molecule has 0 bridgehead atoms. The highest BCUT2D eigenvalue weighted by Crippen LogP contribution is 2.13. The molecule has 0 saturated heterocycles. The minimum atomic E-state index is 0.225. The van der Waals surface area contributed by atoms with E-state index in [1.807, 2.05) is 24.3 Å². The maximum absolute atomic E-state index is 9.01.